The highest BCUT2D eigenvalue weighted by atomic mass is 16.5. The van der Waals surface area contributed by atoms with Crippen LogP contribution in [0.3, 0.4) is 0 Å². The summed E-state index contributed by atoms with van der Waals surface area (Å²) >= 11 is 0. The van der Waals surface area contributed by atoms with Crippen molar-refractivity contribution in [2.24, 2.45) is 5.73 Å². The number of primary amides is 1. The third-order valence-corrected chi connectivity index (χ3v) is 4.20. The van der Waals surface area contributed by atoms with Gasteiger partial charge in [-0.1, -0.05) is 6.07 Å². The second kappa shape index (κ2) is 5.31. The first-order valence-corrected chi connectivity index (χ1v) is 6.68. The lowest BCUT2D eigenvalue weighted by Crippen LogP contribution is -2.47. The lowest BCUT2D eigenvalue weighted by atomic mass is 9.94. The van der Waals surface area contributed by atoms with Gasteiger partial charge in [0.15, 0.2) is 0 Å². The Morgan fingerprint density at radius 2 is 2.32 bits per heavy atom. The predicted molar refractivity (Wildman–Crippen MR) is 75.0 cm³/mol. The Kier molecular flexibility index (Phi) is 3.92. The topological polar surface area (TPSA) is 64.4 Å². The first kappa shape index (κ1) is 14.0. The third-order valence-electron chi connectivity index (χ3n) is 4.20. The van der Waals surface area contributed by atoms with Crippen molar-refractivity contribution in [2.45, 2.75) is 45.4 Å². The molecule has 0 aliphatic carbocycles. The van der Waals surface area contributed by atoms with Crippen LogP contribution in [0.4, 0.5) is 0 Å². The van der Waals surface area contributed by atoms with Crippen molar-refractivity contribution in [3.8, 4) is 0 Å². The van der Waals surface area contributed by atoms with Gasteiger partial charge in [-0.05, 0) is 50.5 Å². The number of nitrogens with one attached hydrogen (secondary N) is 1. The summed E-state index contributed by atoms with van der Waals surface area (Å²) in [6, 6.07) is 5.59. The molecule has 1 heterocycles. The number of hydrogen-bond acceptors (Lipinski definition) is 3. The number of aryl methyl sites for hydroxylation is 1. The zero-order valence-electron chi connectivity index (χ0n) is 11.8. The van der Waals surface area contributed by atoms with Gasteiger partial charge in [0, 0.05) is 24.3 Å². The second-order valence-corrected chi connectivity index (χ2v) is 5.54. The summed E-state index contributed by atoms with van der Waals surface area (Å²) in [6.45, 7) is 7.88. The second-order valence-electron chi connectivity index (χ2n) is 5.54. The molecule has 1 aliphatic rings. The van der Waals surface area contributed by atoms with Gasteiger partial charge < -0.3 is 15.8 Å². The number of amides is 1. The van der Waals surface area contributed by atoms with E-state index in [1.54, 1.807) is 6.07 Å². The molecule has 4 heteroatoms. The average molecular weight is 262 g/mol. The van der Waals surface area contributed by atoms with Gasteiger partial charge in [0.05, 0.1) is 6.10 Å². The summed E-state index contributed by atoms with van der Waals surface area (Å²) in [5, 5.41) is 3.57. The van der Waals surface area contributed by atoms with E-state index < -0.39 is 0 Å². The largest absolute Gasteiger partial charge is 0.377 e. The van der Waals surface area contributed by atoms with Crippen molar-refractivity contribution in [3.63, 3.8) is 0 Å². The molecule has 0 radical (unpaired) electrons. The van der Waals surface area contributed by atoms with Crippen molar-refractivity contribution in [3.05, 3.63) is 34.9 Å². The van der Waals surface area contributed by atoms with Crippen LogP contribution in [0.1, 0.15) is 41.8 Å². The van der Waals surface area contributed by atoms with Crippen LogP contribution in [0.15, 0.2) is 18.2 Å². The maximum Gasteiger partial charge on any atom is 0.248 e. The molecule has 19 heavy (non-hydrogen) atoms. The summed E-state index contributed by atoms with van der Waals surface area (Å²) in [7, 11) is 0. The molecule has 1 aliphatic heterocycles. The minimum absolute atomic E-state index is 0.0226. The van der Waals surface area contributed by atoms with E-state index in [-0.39, 0.29) is 17.6 Å². The number of nitrogens with two attached hydrogens (primary N) is 1. The van der Waals surface area contributed by atoms with Gasteiger partial charge in [0.1, 0.15) is 0 Å². The Labute approximate surface area is 114 Å². The van der Waals surface area contributed by atoms with E-state index in [1.807, 2.05) is 19.1 Å². The van der Waals surface area contributed by atoms with Gasteiger partial charge in [0.2, 0.25) is 5.91 Å². The summed E-state index contributed by atoms with van der Waals surface area (Å²) < 4.78 is 5.61. The summed E-state index contributed by atoms with van der Waals surface area (Å²) in [6.07, 6.45) is 1.24. The highest BCUT2D eigenvalue weighted by molar-refractivity contribution is 5.93. The Morgan fingerprint density at radius 3 is 2.84 bits per heavy atom. The number of hydrogen-bond donors (Lipinski definition) is 2. The van der Waals surface area contributed by atoms with E-state index in [2.05, 4.69) is 19.2 Å². The molecular weight excluding hydrogens is 240 g/mol. The van der Waals surface area contributed by atoms with Gasteiger partial charge in [-0.3, -0.25) is 4.79 Å². The minimum Gasteiger partial charge on any atom is -0.377 e. The van der Waals surface area contributed by atoms with E-state index in [1.165, 1.54) is 5.56 Å². The molecule has 1 saturated heterocycles. The van der Waals surface area contributed by atoms with Crippen LogP contribution in [-0.4, -0.2) is 24.2 Å². The number of carbonyl (C=O) groups excluding carboxylic acids is 1. The smallest absolute Gasteiger partial charge is 0.248 e. The fourth-order valence-corrected chi connectivity index (χ4v) is 2.41. The zero-order valence-corrected chi connectivity index (χ0v) is 11.8. The fraction of sp³-hybridized carbons (Fsp3) is 0.533. The van der Waals surface area contributed by atoms with E-state index in [9.17, 15) is 4.79 Å². The normalized spacial score (nSPS) is 26.6. The number of carbonyl (C=O) groups is 1. The third kappa shape index (κ3) is 2.96. The van der Waals surface area contributed by atoms with Gasteiger partial charge >= 0.3 is 0 Å². The molecule has 1 fully saturated rings. The number of ether oxygens (including phenoxy) is 1. The van der Waals surface area contributed by atoms with E-state index >= 15 is 0 Å². The first-order chi connectivity index (χ1) is 8.92. The van der Waals surface area contributed by atoms with Crippen molar-refractivity contribution in [1.82, 2.24) is 5.32 Å². The molecule has 104 valence electrons. The molecule has 4 nitrogen and oxygen atoms in total. The minimum atomic E-state index is -0.382. The van der Waals surface area contributed by atoms with Crippen LogP contribution in [-0.2, 0) is 11.3 Å². The Balaban J connectivity index is 2.06. The van der Waals surface area contributed by atoms with E-state index in [4.69, 9.17) is 10.5 Å². The lowest BCUT2D eigenvalue weighted by Gasteiger charge is -2.29. The number of benzene rings is 1. The standard InChI is InChI=1S/C15H22N2O2/c1-10-8-12(14(16)18)4-5-13(10)9-17-15(3)6-7-19-11(15)2/h4-5,8,11,17H,6-7,9H2,1-3H3,(H2,16,18). The molecule has 1 aromatic rings. The van der Waals surface area contributed by atoms with E-state index in [0.29, 0.717) is 5.56 Å². The monoisotopic (exact) mass is 262 g/mol. The molecule has 2 atom stereocenters. The Morgan fingerprint density at radius 1 is 1.58 bits per heavy atom. The molecule has 0 saturated carbocycles. The zero-order chi connectivity index (χ0) is 14.0. The average Bonchev–Trinajstić information content (AvgIpc) is 2.68. The lowest BCUT2D eigenvalue weighted by molar-refractivity contribution is 0.0881. The molecule has 2 rings (SSSR count). The molecule has 0 aromatic heterocycles. The predicted octanol–water partition coefficient (Wildman–Crippen LogP) is 1.75. The quantitative estimate of drug-likeness (QED) is 0.869. The van der Waals surface area contributed by atoms with E-state index in [0.717, 1.165) is 25.1 Å². The SMILES string of the molecule is Cc1cc(C(N)=O)ccc1CNC1(C)CCOC1C. The van der Waals surface area contributed by atoms with Crippen LogP contribution >= 0.6 is 0 Å². The molecule has 2 unspecified atom stereocenters. The molecule has 0 spiro atoms. The first-order valence-electron chi connectivity index (χ1n) is 6.68. The summed E-state index contributed by atoms with van der Waals surface area (Å²) in [5.74, 6) is -0.382. The van der Waals surface area contributed by atoms with Crippen molar-refractivity contribution in [1.29, 1.82) is 0 Å². The van der Waals surface area contributed by atoms with Crippen molar-refractivity contribution < 1.29 is 9.53 Å². The van der Waals surface area contributed by atoms with Crippen LogP contribution in [0, 0.1) is 6.92 Å². The summed E-state index contributed by atoms with van der Waals surface area (Å²) in [4.78, 5) is 11.1. The van der Waals surface area contributed by atoms with Crippen molar-refractivity contribution >= 4 is 5.91 Å². The highest BCUT2D eigenvalue weighted by Gasteiger charge is 2.36. The fourth-order valence-electron chi connectivity index (χ4n) is 2.41. The molecular formula is C15H22N2O2. The highest BCUT2D eigenvalue weighted by Crippen LogP contribution is 2.25. The molecule has 1 aromatic carbocycles. The van der Waals surface area contributed by atoms with Crippen LogP contribution in [0.25, 0.3) is 0 Å². The van der Waals surface area contributed by atoms with Crippen LogP contribution in [0.5, 0.6) is 0 Å². The molecule has 1 amide bonds. The van der Waals surface area contributed by atoms with Gasteiger partial charge in [-0.15, -0.1) is 0 Å². The van der Waals surface area contributed by atoms with Gasteiger partial charge in [-0.2, -0.15) is 0 Å². The van der Waals surface area contributed by atoms with Crippen LogP contribution in [0.2, 0.25) is 0 Å². The van der Waals surface area contributed by atoms with Crippen LogP contribution < -0.4 is 11.1 Å². The number of rotatable bonds is 4. The summed E-state index contributed by atoms with van der Waals surface area (Å²) in [5.41, 5.74) is 8.13. The van der Waals surface area contributed by atoms with Crippen molar-refractivity contribution in [2.75, 3.05) is 6.61 Å². The van der Waals surface area contributed by atoms with Gasteiger partial charge in [-0.25, -0.2) is 0 Å². The maximum atomic E-state index is 11.1. The Bertz CT molecular complexity index is 487. The van der Waals surface area contributed by atoms with Gasteiger partial charge in [0.25, 0.3) is 0 Å². The maximum absolute atomic E-state index is 11.1. The molecule has 3 N–H and O–H groups in total. The molecule has 0 bridgehead atoms. The Hall–Kier alpha value is -1.39.